The third-order valence-electron chi connectivity index (χ3n) is 4.41. The van der Waals surface area contributed by atoms with Gasteiger partial charge >= 0.3 is 6.18 Å². The van der Waals surface area contributed by atoms with Crippen LogP contribution in [0, 0.1) is 6.92 Å². The molecular weight excluding hydrogens is 461 g/mol. The molecule has 0 aliphatic carbocycles. The number of nitrogens with one attached hydrogen (secondary N) is 1. The Bertz CT molecular complexity index is 1310. The molecule has 0 aliphatic heterocycles. The monoisotopic (exact) mass is 476 g/mol. The number of hydrogen-bond donors (Lipinski definition) is 1. The van der Waals surface area contributed by atoms with E-state index in [2.05, 4.69) is 25.3 Å². The largest absolute Gasteiger partial charge is 0.409 e. The third kappa shape index (κ3) is 4.77. The Balaban J connectivity index is 2.07. The molecule has 1 N–H and O–H groups in total. The number of halogens is 4. The highest BCUT2D eigenvalue weighted by Crippen LogP contribution is 2.31. The lowest BCUT2D eigenvalue weighted by Crippen LogP contribution is -2.35. The quantitative estimate of drug-likeness (QED) is 0.558. The van der Waals surface area contributed by atoms with Crippen molar-refractivity contribution in [3.63, 3.8) is 0 Å². The van der Waals surface area contributed by atoms with Crippen molar-refractivity contribution in [2.45, 2.75) is 37.5 Å². The van der Waals surface area contributed by atoms with Crippen LogP contribution in [0.25, 0.3) is 11.2 Å². The normalized spacial score (nSPS) is 13.4. The fourth-order valence-electron chi connectivity index (χ4n) is 2.72. The molecule has 0 bridgehead atoms. The van der Waals surface area contributed by atoms with E-state index in [4.69, 9.17) is 11.6 Å². The van der Waals surface area contributed by atoms with Crippen molar-refractivity contribution in [2.24, 2.45) is 0 Å². The second-order valence-electron chi connectivity index (χ2n) is 6.71. The first kappa shape index (κ1) is 22.9. The van der Waals surface area contributed by atoms with Crippen LogP contribution in [0.1, 0.15) is 24.4 Å². The zero-order valence-electron chi connectivity index (χ0n) is 16.4. The first-order valence-electron chi connectivity index (χ1n) is 8.71. The highest BCUT2D eigenvalue weighted by atomic mass is 35.5. The Morgan fingerprint density at radius 1 is 1.23 bits per heavy atom. The van der Waals surface area contributed by atoms with E-state index < -0.39 is 27.6 Å². The predicted octanol–water partition coefficient (Wildman–Crippen LogP) is 2.68. The standard InChI is InChI=1S/C17H16ClF3N6O3S/c1-8-12-14(26-16(18)24-8)27(9(2)17(19,20)21)15(28)13(25-12)23-6-10-4-5-11(7-22-10)31(3,29)30/h4-5,7,9H,6H2,1-3H3,(H,23,25)/t9-/m0/s1. The average molecular weight is 477 g/mol. The first-order chi connectivity index (χ1) is 14.3. The van der Waals surface area contributed by atoms with Gasteiger partial charge in [0.15, 0.2) is 21.3 Å². The molecule has 14 heteroatoms. The number of sulfone groups is 1. The molecule has 31 heavy (non-hydrogen) atoms. The fourth-order valence-corrected chi connectivity index (χ4v) is 3.48. The van der Waals surface area contributed by atoms with Gasteiger partial charge in [0.2, 0.25) is 5.28 Å². The second-order valence-corrected chi connectivity index (χ2v) is 9.07. The van der Waals surface area contributed by atoms with Crippen LogP contribution < -0.4 is 10.9 Å². The van der Waals surface area contributed by atoms with Crippen LogP contribution in [0.2, 0.25) is 5.28 Å². The molecule has 3 aromatic rings. The maximum atomic E-state index is 13.4. The number of fused-ring (bicyclic) bond motifs is 1. The summed E-state index contributed by atoms with van der Waals surface area (Å²) in [7, 11) is -3.43. The van der Waals surface area contributed by atoms with Gasteiger partial charge in [0.05, 0.1) is 22.8 Å². The van der Waals surface area contributed by atoms with E-state index in [1.54, 1.807) is 0 Å². The van der Waals surface area contributed by atoms with Crippen molar-refractivity contribution in [2.75, 3.05) is 11.6 Å². The van der Waals surface area contributed by atoms with Gasteiger partial charge < -0.3 is 5.32 Å². The summed E-state index contributed by atoms with van der Waals surface area (Å²) in [6.07, 6.45) is -2.56. The topological polar surface area (TPSA) is 120 Å². The molecule has 0 aliphatic rings. The van der Waals surface area contributed by atoms with Crippen LogP contribution in [0.15, 0.2) is 28.0 Å². The van der Waals surface area contributed by atoms with Crippen molar-refractivity contribution in [1.82, 2.24) is 24.5 Å². The van der Waals surface area contributed by atoms with Crippen LogP contribution >= 0.6 is 11.6 Å². The van der Waals surface area contributed by atoms with Crippen LogP contribution in [-0.2, 0) is 16.4 Å². The summed E-state index contributed by atoms with van der Waals surface area (Å²) >= 11 is 5.78. The minimum atomic E-state index is -4.73. The molecule has 0 radical (unpaired) electrons. The fraction of sp³-hybridized carbons (Fsp3) is 0.353. The second kappa shape index (κ2) is 8.04. The third-order valence-corrected chi connectivity index (χ3v) is 5.68. The van der Waals surface area contributed by atoms with Crippen molar-refractivity contribution in [3.8, 4) is 0 Å². The zero-order chi connectivity index (χ0) is 23.1. The number of aromatic nitrogens is 5. The smallest absolute Gasteiger partial charge is 0.360 e. The molecule has 0 fully saturated rings. The number of anilines is 1. The molecule has 166 valence electrons. The lowest BCUT2D eigenvalue weighted by molar-refractivity contribution is -0.162. The van der Waals surface area contributed by atoms with Gasteiger partial charge in [-0.25, -0.2) is 18.4 Å². The Morgan fingerprint density at radius 2 is 1.90 bits per heavy atom. The van der Waals surface area contributed by atoms with Crippen LogP contribution in [0.3, 0.4) is 0 Å². The lowest BCUT2D eigenvalue weighted by atomic mass is 10.3. The minimum Gasteiger partial charge on any atom is -0.360 e. The maximum absolute atomic E-state index is 13.4. The zero-order valence-corrected chi connectivity index (χ0v) is 18.0. The van der Waals surface area contributed by atoms with E-state index in [0.717, 1.165) is 19.4 Å². The van der Waals surface area contributed by atoms with Crippen molar-refractivity contribution >= 4 is 38.4 Å². The van der Waals surface area contributed by atoms with Crippen LogP contribution in [-0.4, -0.2) is 45.4 Å². The van der Waals surface area contributed by atoms with Gasteiger partial charge in [0.1, 0.15) is 11.6 Å². The molecular formula is C17H16ClF3N6O3S. The van der Waals surface area contributed by atoms with Crippen molar-refractivity contribution in [1.29, 1.82) is 0 Å². The molecule has 0 unspecified atom stereocenters. The van der Waals surface area contributed by atoms with Gasteiger partial charge in [0.25, 0.3) is 5.56 Å². The SMILES string of the molecule is Cc1nc(Cl)nc2c1nc(NCc1ccc(S(C)(=O)=O)cn1)c(=O)n2[C@@H](C)C(F)(F)F. The number of hydrogen-bond acceptors (Lipinski definition) is 8. The summed E-state index contributed by atoms with van der Waals surface area (Å²) in [5.74, 6) is -0.369. The van der Waals surface area contributed by atoms with Crippen LogP contribution in [0.5, 0.6) is 0 Å². The molecule has 9 nitrogen and oxygen atoms in total. The Labute approximate surface area is 179 Å². The predicted molar refractivity (Wildman–Crippen MR) is 107 cm³/mol. The highest BCUT2D eigenvalue weighted by molar-refractivity contribution is 7.90. The number of pyridine rings is 1. The van der Waals surface area contributed by atoms with Gasteiger partial charge in [-0.15, -0.1) is 0 Å². The van der Waals surface area contributed by atoms with E-state index in [9.17, 15) is 26.4 Å². The Hall–Kier alpha value is -2.80. The van der Waals surface area contributed by atoms with Gasteiger partial charge in [-0.3, -0.25) is 14.3 Å². The van der Waals surface area contributed by atoms with E-state index in [0.29, 0.717) is 10.3 Å². The van der Waals surface area contributed by atoms with E-state index in [1.165, 1.54) is 19.1 Å². The lowest BCUT2D eigenvalue weighted by Gasteiger charge is -2.21. The summed E-state index contributed by atoms with van der Waals surface area (Å²) in [5, 5.41) is 2.34. The highest BCUT2D eigenvalue weighted by Gasteiger charge is 2.39. The van der Waals surface area contributed by atoms with E-state index in [-0.39, 0.29) is 39.4 Å². The molecule has 0 saturated carbocycles. The molecule has 0 aromatic carbocycles. The number of rotatable bonds is 5. The van der Waals surface area contributed by atoms with Crippen LogP contribution in [0.4, 0.5) is 19.0 Å². The van der Waals surface area contributed by atoms with Gasteiger partial charge in [-0.05, 0) is 37.6 Å². The van der Waals surface area contributed by atoms with Gasteiger partial charge in [-0.1, -0.05) is 0 Å². The van der Waals surface area contributed by atoms with E-state index in [1.807, 2.05) is 0 Å². The average Bonchev–Trinajstić information content (AvgIpc) is 2.65. The number of nitrogens with zero attached hydrogens (tertiary/aromatic N) is 5. The minimum absolute atomic E-state index is 0.00564. The number of aryl methyl sites for hydroxylation is 1. The first-order valence-corrected chi connectivity index (χ1v) is 11.0. The summed E-state index contributed by atoms with van der Waals surface area (Å²) in [6, 6.07) is 0.538. The van der Waals surface area contributed by atoms with E-state index >= 15 is 0 Å². The Morgan fingerprint density at radius 3 is 2.45 bits per heavy atom. The molecule has 0 amide bonds. The summed E-state index contributed by atoms with van der Waals surface area (Å²) in [4.78, 5) is 28.6. The Kier molecular flexibility index (Phi) is 5.93. The molecule has 3 rings (SSSR count). The van der Waals surface area contributed by atoms with Crippen molar-refractivity contribution < 1.29 is 21.6 Å². The molecule has 3 aromatic heterocycles. The molecule has 3 heterocycles. The summed E-state index contributed by atoms with van der Waals surface area (Å²) in [6.45, 7) is 2.21. The summed E-state index contributed by atoms with van der Waals surface area (Å²) in [5.41, 5.74) is -0.888. The summed E-state index contributed by atoms with van der Waals surface area (Å²) < 4.78 is 63.8. The molecule has 1 atom stereocenters. The molecule has 0 spiro atoms. The molecule has 0 saturated heterocycles. The van der Waals surface area contributed by atoms with Gasteiger partial charge in [0, 0.05) is 12.5 Å². The maximum Gasteiger partial charge on any atom is 0.409 e. The van der Waals surface area contributed by atoms with Gasteiger partial charge in [-0.2, -0.15) is 18.2 Å². The van der Waals surface area contributed by atoms with Crippen molar-refractivity contribution in [3.05, 3.63) is 45.4 Å². The number of alkyl halides is 3.